The fraction of sp³-hybridized carbons (Fsp3) is 0.304. The first-order valence-corrected chi connectivity index (χ1v) is 8.96. The molecule has 1 aliphatic rings. The Kier molecular flexibility index (Phi) is 5.08. The highest BCUT2D eigenvalue weighted by Gasteiger charge is 2.37. The van der Waals surface area contributed by atoms with E-state index in [1.807, 2.05) is 45.0 Å². The molecule has 0 heterocycles. The zero-order chi connectivity index (χ0) is 18.8. The number of carboxylic acids is 1. The van der Waals surface area contributed by atoms with Crippen molar-refractivity contribution in [3.8, 4) is 11.1 Å². The van der Waals surface area contributed by atoms with Gasteiger partial charge in [0.2, 0.25) is 0 Å². The van der Waals surface area contributed by atoms with Crippen molar-refractivity contribution in [3.63, 3.8) is 0 Å². The predicted octanol–water partition coefficient (Wildman–Crippen LogP) is 5.29. The number of Topliss-reactive ketones (excluding diaryl/α,β-unsaturated/α-hetero) is 1. The first-order valence-electron chi connectivity index (χ1n) is 8.96. The van der Waals surface area contributed by atoms with E-state index in [0.717, 1.165) is 22.3 Å². The molecule has 0 radical (unpaired) electrons. The highest BCUT2D eigenvalue weighted by Crippen LogP contribution is 2.36. The minimum absolute atomic E-state index is 0.0697. The van der Waals surface area contributed by atoms with Crippen molar-refractivity contribution in [2.45, 2.75) is 33.6 Å². The van der Waals surface area contributed by atoms with Gasteiger partial charge in [-0.1, -0.05) is 65.2 Å². The number of carbonyl (C=O) groups is 2. The minimum Gasteiger partial charge on any atom is -0.481 e. The number of hydrogen-bond acceptors (Lipinski definition) is 2. The van der Waals surface area contributed by atoms with E-state index in [-0.39, 0.29) is 5.78 Å². The largest absolute Gasteiger partial charge is 0.481 e. The van der Waals surface area contributed by atoms with Gasteiger partial charge in [0.1, 0.15) is 0 Å². The van der Waals surface area contributed by atoms with Crippen LogP contribution in [0.25, 0.3) is 11.1 Å². The molecule has 26 heavy (non-hydrogen) atoms. The molecule has 0 amide bonds. The number of allylic oxidation sites excluding steroid dienone is 2. The van der Waals surface area contributed by atoms with Crippen molar-refractivity contribution in [1.82, 2.24) is 0 Å². The average Bonchev–Trinajstić information content (AvgIpc) is 2.63. The molecule has 3 heteroatoms. The lowest BCUT2D eigenvalue weighted by atomic mass is 9.73. The van der Waals surface area contributed by atoms with Gasteiger partial charge in [0, 0.05) is 11.5 Å². The Bertz CT molecular complexity index is 857. The van der Waals surface area contributed by atoms with Crippen LogP contribution in [-0.4, -0.2) is 16.9 Å². The van der Waals surface area contributed by atoms with Crippen molar-refractivity contribution in [1.29, 1.82) is 0 Å². The Balaban J connectivity index is 1.85. The predicted molar refractivity (Wildman–Crippen MR) is 103 cm³/mol. The summed E-state index contributed by atoms with van der Waals surface area (Å²) in [6.45, 7) is 6.00. The lowest BCUT2D eigenvalue weighted by molar-refractivity contribution is -0.143. The van der Waals surface area contributed by atoms with E-state index in [4.69, 9.17) is 0 Å². The fourth-order valence-corrected chi connectivity index (χ4v) is 3.61. The Morgan fingerprint density at radius 3 is 1.73 bits per heavy atom. The van der Waals surface area contributed by atoms with E-state index in [1.54, 1.807) is 0 Å². The van der Waals surface area contributed by atoms with Gasteiger partial charge in [-0.25, -0.2) is 0 Å². The zero-order valence-electron chi connectivity index (χ0n) is 15.5. The summed E-state index contributed by atoms with van der Waals surface area (Å²) in [5, 5.41) is 9.55. The lowest BCUT2D eigenvalue weighted by Gasteiger charge is -2.29. The highest BCUT2D eigenvalue weighted by atomic mass is 16.4. The third kappa shape index (κ3) is 3.62. The van der Waals surface area contributed by atoms with Crippen LogP contribution in [0.5, 0.6) is 0 Å². The lowest BCUT2D eigenvalue weighted by Crippen LogP contribution is -2.33. The van der Waals surface area contributed by atoms with Crippen LogP contribution in [-0.2, 0) is 4.79 Å². The second kappa shape index (κ2) is 7.28. The molecule has 3 nitrogen and oxygen atoms in total. The molecule has 2 atom stereocenters. The molecule has 2 aromatic carbocycles. The molecule has 0 aromatic heterocycles. The fourth-order valence-electron chi connectivity index (χ4n) is 3.61. The maximum Gasteiger partial charge on any atom is 0.307 e. The Hall–Kier alpha value is -2.68. The topological polar surface area (TPSA) is 54.4 Å². The normalized spacial score (nSPS) is 20.1. The Morgan fingerprint density at radius 1 is 0.769 bits per heavy atom. The summed E-state index contributed by atoms with van der Waals surface area (Å²) in [4.78, 5) is 24.6. The third-order valence-corrected chi connectivity index (χ3v) is 5.47. The first-order chi connectivity index (χ1) is 12.4. The molecule has 0 saturated carbocycles. The Morgan fingerprint density at radius 2 is 1.23 bits per heavy atom. The monoisotopic (exact) mass is 348 g/mol. The van der Waals surface area contributed by atoms with Gasteiger partial charge < -0.3 is 5.11 Å². The molecule has 1 N–H and O–H groups in total. The quantitative estimate of drug-likeness (QED) is 0.603. The molecule has 0 saturated heterocycles. The van der Waals surface area contributed by atoms with Crippen molar-refractivity contribution < 1.29 is 14.7 Å². The minimum atomic E-state index is -0.883. The number of ketones is 1. The van der Waals surface area contributed by atoms with E-state index in [1.165, 1.54) is 5.56 Å². The van der Waals surface area contributed by atoms with Crippen LogP contribution < -0.4 is 0 Å². The van der Waals surface area contributed by atoms with Crippen LogP contribution in [0.2, 0.25) is 0 Å². The van der Waals surface area contributed by atoms with E-state index in [2.05, 4.69) is 24.3 Å². The van der Waals surface area contributed by atoms with Gasteiger partial charge in [-0.2, -0.15) is 0 Å². The molecule has 0 aliphatic heterocycles. The Labute approximate surface area is 154 Å². The van der Waals surface area contributed by atoms with E-state index in [9.17, 15) is 14.7 Å². The van der Waals surface area contributed by atoms with Gasteiger partial charge in [-0.05, 0) is 44.7 Å². The third-order valence-electron chi connectivity index (χ3n) is 5.47. The molecule has 1 aliphatic carbocycles. The molecule has 134 valence electrons. The van der Waals surface area contributed by atoms with E-state index in [0.29, 0.717) is 18.4 Å². The van der Waals surface area contributed by atoms with Crippen LogP contribution in [0, 0.1) is 18.8 Å². The van der Waals surface area contributed by atoms with Gasteiger partial charge in [0.25, 0.3) is 0 Å². The molecule has 0 spiro atoms. The maximum atomic E-state index is 13.0. The molecular formula is C23H24O3. The summed E-state index contributed by atoms with van der Waals surface area (Å²) in [5.41, 5.74) is 6.17. The van der Waals surface area contributed by atoms with Crippen LogP contribution in [0.1, 0.15) is 42.6 Å². The number of carbonyl (C=O) groups excluding carboxylic acids is 1. The summed E-state index contributed by atoms with van der Waals surface area (Å²) in [6.07, 6.45) is 0.986. The highest BCUT2D eigenvalue weighted by molar-refractivity contribution is 6.00. The van der Waals surface area contributed by atoms with Crippen molar-refractivity contribution in [2.75, 3.05) is 0 Å². The van der Waals surface area contributed by atoms with Crippen molar-refractivity contribution in [3.05, 3.63) is 70.8 Å². The molecule has 2 aromatic rings. The summed E-state index contributed by atoms with van der Waals surface area (Å²) < 4.78 is 0. The summed E-state index contributed by atoms with van der Waals surface area (Å²) >= 11 is 0. The van der Waals surface area contributed by atoms with Crippen molar-refractivity contribution in [2.24, 2.45) is 11.8 Å². The van der Waals surface area contributed by atoms with Crippen LogP contribution >= 0.6 is 0 Å². The van der Waals surface area contributed by atoms with Crippen LogP contribution in [0.3, 0.4) is 0 Å². The second-order valence-electron chi connectivity index (χ2n) is 7.33. The SMILES string of the molecule is CC1=C(C)C[C@H](C(=O)c2ccc(-c3ccc(C)cc3)cc2)[C@@H](C(=O)O)C1. The van der Waals surface area contributed by atoms with Gasteiger partial charge in [0.05, 0.1) is 5.92 Å². The van der Waals surface area contributed by atoms with E-state index >= 15 is 0 Å². The van der Waals surface area contributed by atoms with Gasteiger partial charge in [0.15, 0.2) is 5.78 Å². The number of aliphatic carboxylic acids is 1. The number of carboxylic acid groups (broad SMARTS) is 1. The van der Waals surface area contributed by atoms with Gasteiger partial charge in [-0.3, -0.25) is 9.59 Å². The number of aryl methyl sites for hydroxylation is 1. The molecular weight excluding hydrogens is 324 g/mol. The zero-order valence-corrected chi connectivity index (χ0v) is 15.5. The summed E-state index contributed by atoms with van der Waals surface area (Å²) in [6, 6.07) is 15.7. The van der Waals surface area contributed by atoms with Crippen LogP contribution in [0.15, 0.2) is 59.7 Å². The first kappa shape index (κ1) is 18.1. The standard InChI is InChI=1S/C23H24O3/c1-14-4-6-17(7-5-14)18-8-10-19(11-9-18)22(24)20-12-15(2)16(3)13-21(20)23(25)26/h4-11,20-21H,12-13H2,1-3H3,(H,25,26)/t20-,21-/m0/s1. The summed E-state index contributed by atoms with van der Waals surface area (Å²) in [7, 11) is 0. The number of benzene rings is 2. The molecule has 3 rings (SSSR count). The maximum absolute atomic E-state index is 13.0. The molecule has 0 unspecified atom stereocenters. The van der Waals surface area contributed by atoms with Gasteiger partial charge in [-0.15, -0.1) is 0 Å². The molecule has 0 fully saturated rings. The van der Waals surface area contributed by atoms with Crippen molar-refractivity contribution >= 4 is 11.8 Å². The van der Waals surface area contributed by atoms with E-state index < -0.39 is 17.8 Å². The average molecular weight is 348 g/mol. The number of rotatable bonds is 4. The number of hydrogen-bond donors (Lipinski definition) is 1. The smallest absolute Gasteiger partial charge is 0.307 e. The second-order valence-corrected chi connectivity index (χ2v) is 7.33. The molecule has 0 bridgehead atoms. The van der Waals surface area contributed by atoms with Crippen LogP contribution in [0.4, 0.5) is 0 Å². The summed E-state index contributed by atoms with van der Waals surface area (Å²) in [5.74, 6) is -2.07. The van der Waals surface area contributed by atoms with Gasteiger partial charge >= 0.3 is 5.97 Å².